The number of carbonyl (C=O) groups excluding carboxylic acids is 1. The fourth-order valence-electron chi connectivity index (χ4n) is 1.37. The largest absolute Gasteiger partial charge is 0.507 e. The second-order valence-corrected chi connectivity index (χ2v) is 5.55. The summed E-state index contributed by atoms with van der Waals surface area (Å²) in [6.07, 6.45) is 1.50. The molecule has 5 nitrogen and oxygen atoms in total. The number of phenolic OH excluding ortho intramolecular Hbond substituents is 1. The number of hydrogen-bond donors (Lipinski definition) is 3. The molecule has 0 spiro atoms. The average Bonchev–Trinajstić information content (AvgIpc) is 2.86. The third-order valence-electron chi connectivity index (χ3n) is 2.22. The van der Waals surface area contributed by atoms with E-state index in [1.54, 1.807) is 6.07 Å². The molecule has 1 amide bonds. The summed E-state index contributed by atoms with van der Waals surface area (Å²) in [7, 11) is 0. The number of amides is 1. The van der Waals surface area contributed by atoms with Gasteiger partial charge in [0.1, 0.15) is 12.4 Å². The summed E-state index contributed by atoms with van der Waals surface area (Å²) in [6.45, 7) is -0.231. The van der Waals surface area contributed by atoms with Gasteiger partial charge in [-0.05, 0) is 18.2 Å². The van der Waals surface area contributed by atoms with Gasteiger partial charge in [-0.1, -0.05) is 39.1 Å². The second-order valence-electron chi connectivity index (χ2n) is 3.61. The minimum absolute atomic E-state index is 0.109. The number of benzene rings is 1. The molecule has 0 unspecified atom stereocenters. The van der Waals surface area contributed by atoms with Crippen molar-refractivity contribution in [1.29, 1.82) is 0 Å². The average molecular weight is 353 g/mol. The lowest BCUT2D eigenvalue weighted by atomic mass is 10.2. The quantitative estimate of drug-likeness (QED) is 0.723. The monoisotopic (exact) mass is 352 g/mol. The van der Waals surface area contributed by atoms with Crippen LogP contribution in [0, 0.1) is 11.8 Å². The molecular weight excluding hydrogens is 344 g/mol. The van der Waals surface area contributed by atoms with Crippen molar-refractivity contribution in [3.05, 3.63) is 39.3 Å². The van der Waals surface area contributed by atoms with Crippen molar-refractivity contribution in [3.8, 4) is 17.6 Å². The lowest BCUT2D eigenvalue weighted by Gasteiger charge is -2.04. The van der Waals surface area contributed by atoms with E-state index in [0.717, 1.165) is 0 Å². The lowest BCUT2D eigenvalue weighted by molar-refractivity contribution is 0.102. The first-order valence-electron chi connectivity index (χ1n) is 5.45. The van der Waals surface area contributed by atoms with Crippen LogP contribution in [-0.4, -0.2) is 27.7 Å². The van der Waals surface area contributed by atoms with Gasteiger partial charge in [-0.2, -0.15) is 0 Å². The standard InChI is InChI=1S/C13H9BrN2O3S/c14-8-3-4-11(18)10(6-8)12(19)16-13-15-7-9(20-13)2-1-5-17/h3-4,6-7,17-18H,5H2,(H,15,16,19). The van der Waals surface area contributed by atoms with E-state index in [9.17, 15) is 9.90 Å². The molecule has 7 heteroatoms. The number of halogens is 1. The van der Waals surface area contributed by atoms with Crippen LogP contribution in [0.5, 0.6) is 5.75 Å². The van der Waals surface area contributed by atoms with Crippen LogP contribution in [0.2, 0.25) is 0 Å². The predicted octanol–water partition coefficient (Wildman–Crippen LogP) is 2.21. The van der Waals surface area contributed by atoms with Crippen molar-refractivity contribution >= 4 is 38.3 Å². The van der Waals surface area contributed by atoms with Gasteiger partial charge in [0.15, 0.2) is 5.13 Å². The molecule has 1 aromatic carbocycles. The van der Waals surface area contributed by atoms with Gasteiger partial charge in [-0.25, -0.2) is 4.98 Å². The number of aliphatic hydroxyl groups excluding tert-OH is 1. The van der Waals surface area contributed by atoms with Crippen LogP contribution >= 0.6 is 27.3 Å². The maximum atomic E-state index is 12.0. The third-order valence-corrected chi connectivity index (χ3v) is 3.54. The van der Waals surface area contributed by atoms with Gasteiger partial charge in [0.2, 0.25) is 0 Å². The van der Waals surface area contributed by atoms with Gasteiger partial charge >= 0.3 is 0 Å². The number of aromatic hydroxyl groups is 1. The van der Waals surface area contributed by atoms with E-state index >= 15 is 0 Å². The first-order chi connectivity index (χ1) is 9.60. The maximum absolute atomic E-state index is 12.0. The van der Waals surface area contributed by atoms with Gasteiger partial charge in [-0.3, -0.25) is 10.1 Å². The summed E-state index contributed by atoms with van der Waals surface area (Å²) in [5, 5.41) is 21.2. The lowest BCUT2D eigenvalue weighted by Crippen LogP contribution is -2.11. The van der Waals surface area contributed by atoms with Crippen molar-refractivity contribution in [2.24, 2.45) is 0 Å². The molecule has 0 fully saturated rings. The molecule has 0 atom stereocenters. The van der Waals surface area contributed by atoms with E-state index in [1.165, 1.54) is 29.7 Å². The number of hydrogen-bond acceptors (Lipinski definition) is 5. The Kier molecular flexibility index (Phi) is 4.74. The van der Waals surface area contributed by atoms with Crippen LogP contribution in [0.25, 0.3) is 0 Å². The zero-order chi connectivity index (χ0) is 14.5. The van der Waals surface area contributed by atoms with Gasteiger partial charge in [0, 0.05) is 4.47 Å². The zero-order valence-electron chi connectivity index (χ0n) is 10.1. The van der Waals surface area contributed by atoms with Crippen LogP contribution in [0.3, 0.4) is 0 Å². The number of nitrogens with one attached hydrogen (secondary N) is 1. The van der Waals surface area contributed by atoms with Crippen LogP contribution in [0.4, 0.5) is 5.13 Å². The molecule has 0 radical (unpaired) electrons. The minimum Gasteiger partial charge on any atom is -0.507 e. The smallest absolute Gasteiger partial charge is 0.261 e. The van der Waals surface area contributed by atoms with E-state index < -0.39 is 5.91 Å². The van der Waals surface area contributed by atoms with Crippen molar-refractivity contribution in [2.75, 3.05) is 11.9 Å². The molecule has 0 aliphatic carbocycles. The predicted molar refractivity (Wildman–Crippen MR) is 79.8 cm³/mol. The molecule has 0 aliphatic heterocycles. The Morgan fingerprint density at radius 2 is 2.30 bits per heavy atom. The summed E-state index contributed by atoms with van der Waals surface area (Å²) in [4.78, 5) is 16.6. The van der Waals surface area contributed by atoms with E-state index in [-0.39, 0.29) is 17.9 Å². The number of carbonyl (C=O) groups is 1. The molecule has 1 aromatic heterocycles. The number of phenols is 1. The highest BCUT2D eigenvalue weighted by Gasteiger charge is 2.13. The highest BCUT2D eigenvalue weighted by molar-refractivity contribution is 9.10. The van der Waals surface area contributed by atoms with Crippen LogP contribution < -0.4 is 5.32 Å². The summed E-state index contributed by atoms with van der Waals surface area (Å²) in [5.74, 6) is 4.63. The number of thiazole rings is 1. The Morgan fingerprint density at radius 3 is 3.05 bits per heavy atom. The molecule has 0 bridgehead atoms. The van der Waals surface area contributed by atoms with Crippen molar-refractivity contribution in [2.45, 2.75) is 0 Å². The maximum Gasteiger partial charge on any atom is 0.261 e. The van der Waals surface area contributed by atoms with Crippen LogP contribution in [0.15, 0.2) is 28.9 Å². The molecule has 20 heavy (non-hydrogen) atoms. The SMILES string of the molecule is O=C(Nc1ncc(C#CCO)s1)c1cc(Br)ccc1O. The second kappa shape index (κ2) is 6.52. The Labute approximate surface area is 127 Å². The van der Waals surface area contributed by atoms with Gasteiger partial charge in [-0.15, -0.1) is 0 Å². The number of aliphatic hydroxyl groups is 1. The summed E-state index contributed by atoms with van der Waals surface area (Å²) in [6, 6.07) is 4.59. The first-order valence-corrected chi connectivity index (χ1v) is 7.06. The summed E-state index contributed by atoms with van der Waals surface area (Å²) in [5.41, 5.74) is 0.151. The molecular formula is C13H9BrN2O3S. The molecule has 1 heterocycles. The molecule has 2 aromatic rings. The zero-order valence-corrected chi connectivity index (χ0v) is 12.5. The third kappa shape index (κ3) is 3.57. The molecule has 2 rings (SSSR count). The molecule has 0 aliphatic rings. The Hall–Kier alpha value is -1.88. The fraction of sp³-hybridized carbons (Fsp3) is 0.0769. The highest BCUT2D eigenvalue weighted by atomic mass is 79.9. The van der Waals surface area contributed by atoms with Crippen molar-refractivity contribution in [1.82, 2.24) is 4.98 Å². The van der Waals surface area contributed by atoms with E-state index in [4.69, 9.17) is 5.11 Å². The minimum atomic E-state index is -0.459. The number of aromatic nitrogens is 1. The Morgan fingerprint density at radius 1 is 1.50 bits per heavy atom. The fourth-order valence-corrected chi connectivity index (χ4v) is 2.42. The van der Waals surface area contributed by atoms with Gasteiger partial charge < -0.3 is 10.2 Å². The van der Waals surface area contributed by atoms with Crippen LogP contribution in [0.1, 0.15) is 15.2 Å². The molecule has 0 saturated carbocycles. The number of nitrogens with zero attached hydrogens (tertiary/aromatic N) is 1. The van der Waals surface area contributed by atoms with Crippen LogP contribution in [-0.2, 0) is 0 Å². The molecule has 102 valence electrons. The summed E-state index contributed by atoms with van der Waals surface area (Å²) < 4.78 is 0.689. The Balaban J connectivity index is 2.15. The normalized spacial score (nSPS) is 9.70. The van der Waals surface area contributed by atoms with E-state index in [0.29, 0.717) is 14.5 Å². The Bertz CT molecular complexity index is 703. The molecule has 3 N–H and O–H groups in total. The van der Waals surface area contributed by atoms with Gasteiger partial charge in [0.05, 0.1) is 16.6 Å². The van der Waals surface area contributed by atoms with Crippen molar-refractivity contribution < 1.29 is 15.0 Å². The van der Waals surface area contributed by atoms with Crippen molar-refractivity contribution in [3.63, 3.8) is 0 Å². The summed E-state index contributed by atoms with van der Waals surface area (Å²) >= 11 is 4.42. The topological polar surface area (TPSA) is 82.5 Å². The number of anilines is 1. The highest BCUT2D eigenvalue weighted by Crippen LogP contribution is 2.24. The van der Waals surface area contributed by atoms with Gasteiger partial charge in [0.25, 0.3) is 5.91 Å². The van der Waals surface area contributed by atoms with E-state index in [1.807, 2.05) is 0 Å². The first kappa shape index (κ1) is 14.5. The van der Waals surface area contributed by atoms with E-state index in [2.05, 4.69) is 38.1 Å². The number of rotatable bonds is 2. The molecule has 0 saturated heterocycles.